The van der Waals surface area contributed by atoms with Crippen molar-refractivity contribution in [2.75, 3.05) is 19.6 Å². The first-order valence-electron chi connectivity index (χ1n) is 6.51. The van der Waals surface area contributed by atoms with E-state index in [1.54, 1.807) is 11.5 Å². The van der Waals surface area contributed by atoms with Crippen molar-refractivity contribution in [2.24, 2.45) is 11.8 Å². The van der Waals surface area contributed by atoms with Crippen molar-refractivity contribution in [3.8, 4) is 0 Å². The van der Waals surface area contributed by atoms with Gasteiger partial charge in [-0.2, -0.15) is 0 Å². The van der Waals surface area contributed by atoms with Crippen LogP contribution >= 0.6 is 0 Å². The van der Waals surface area contributed by atoms with Crippen LogP contribution in [0.1, 0.15) is 12.7 Å². The van der Waals surface area contributed by atoms with Gasteiger partial charge in [0.05, 0.1) is 5.92 Å². The van der Waals surface area contributed by atoms with Gasteiger partial charge in [0.1, 0.15) is 12.7 Å². The number of aryl methyl sites for hydroxylation is 1. The average molecular weight is 282 g/mol. The molecule has 0 amide bonds. The minimum absolute atomic E-state index is 0.0236. The summed E-state index contributed by atoms with van der Waals surface area (Å²) in [6.45, 7) is 5.88. The van der Waals surface area contributed by atoms with Gasteiger partial charge in [-0.15, -0.1) is 0 Å². The van der Waals surface area contributed by atoms with E-state index in [4.69, 9.17) is 5.11 Å². The van der Waals surface area contributed by atoms with Crippen molar-refractivity contribution >= 4 is 11.8 Å². The van der Waals surface area contributed by atoms with E-state index in [-0.39, 0.29) is 17.7 Å². The van der Waals surface area contributed by atoms with E-state index in [1.807, 2.05) is 11.8 Å². The van der Waals surface area contributed by atoms with Gasteiger partial charge in [0.25, 0.3) is 0 Å². The summed E-state index contributed by atoms with van der Waals surface area (Å²) in [5, 5.41) is 20.0. The number of imidazole rings is 1. The van der Waals surface area contributed by atoms with Gasteiger partial charge < -0.3 is 15.2 Å². The van der Waals surface area contributed by atoms with Crippen LogP contribution in [0, 0.1) is 28.9 Å². The maximum Gasteiger partial charge on any atom is 0.342 e. The van der Waals surface area contributed by atoms with E-state index in [9.17, 15) is 14.9 Å². The monoisotopic (exact) mass is 282 g/mol. The fourth-order valence-corrected chi connectivity index (χ4v) is 2.69. The Morgan fingerprint density at radius 2 is 2.25 bits per heavy atom. The first kappa shape index (κ1) is 14.4. The standard InChI is InChI=1S/C12H18N4O4/c1-8-6-14(7-10(8)12(17)18)3-4-15-9(2)13-5-11(15)16(19)20/h5,8,10H,3-4,6-7H2,1-2H3,(H,17,18)/t8-,10-/m1/s1. The summed E-state index contributed by atoms with van der Waals surface area (Å²) in [6.07, 6.45) is 1.25. The number of nitro groups is 1. The molecule has 1 aliphatic rings. The Kier molecular flexibility index (Phi) is 4.03. The summed E-state index contributed by atoms with van der Waals surface area (Å²) >= 11 is 0. The molecule has 8 nitrogen and oxygen atoms in total. The van der Waals surface area contributed by atoms with Gasteiger partial charge in [-0.25, -0.2) is 9.55 Å². The third-order valence-electron chi connectivity index (χ3n) is 3.87. The Morgan fingerprint density at radius 1 is 1.55 bits per heavy atom. The van der Waals surface area contributed by atoms with Crippen molar-refractivity contribution in [3.05, 3.63) is 22.1 Å². The quantitative estimate of drug-likeness (QED) is 0.631. The van der Waals surface area contributed by atoms with Gasteiger partial charge >= 0.3 is 11.8 Å². The molecule has 20 heavy (non-hydrogen) atoms. The van der Waals surface area contributed by atoms with Crippen molar-refractivity contribution < 1.29 is 14.8 Å². The number of hydrogen-bond acceptors (Lipinski definition) is 5. The van der Waals surface area contributed by atoms with Gasteiger partial charge in [0.15, 0.2) is 5.82 Å². The summed E-state index contributed by atoms with van der Waals surface area (Å²) in [4.78, 5) is 27.5. The number of rotatable bonds is 5. The normalized spacial score (nSPS) is 23.1. The highest BCUT2D eigenvalue weighted by Gasteiger charge is 2.34. The summed E-state index contributed by atoms with van der Waals surface area (Å²) in [6, 6.07) is 0. The minimum atomic E-state index is -0.773. The van der Waals surface area contributed by atoms with Crippen molar-refractivity contribution in [1.29, 1.82) is 0 Å². The van der Waals surface area contributed by atoms with Gasteiger partial charge in [-0.3, -0.25) is 9.69 Å². The molecular weight excluding hydrogens is 264 g/mol. The number of likely N-dealkylation sites (tertiary alicyclic amines) is 1. The van der Waals surface area contributed by atoms with Gasteiger partial charge in [0.2, 0.25) is 0 Å². The SMILES string of the molecule is Cc1ncc([N+](=O)[O-])n1CCN1C[C@@H](C)[C@H](C(=O)O)C1. The molecule has 1 aliphatic heterocycles. The molecule has 1 aromatic rings. The Hall–Kier alpha value is -1.96. The maximum absolute atomic E-state index is 11.1. The smallest absolute Gasteiger partial charge is 0.342 e. The molecule has 2 rings (SSSR count). The molecule has 0 aromatic carbocycles. The molecule has 8 heteroatoms. The summed E-state index contributed by atoms with van der Waals surface area (Å²) in [5.41, 5.74) is 0. The lowest BCUT2D eigenvalue weighted by atomic mass is 9.99. The van der Waals surface area contributed by atoms with E-state index in [1.165, 1.54) is 6.20 Å². The number of hydrogen-bond donors (Lipinski definition) is 1. The predicted octanol–water partition coefficient (Wildman–Crippen LogP) is 0.752. The van der Waals surface area contributed by atoms with Crippen LogP contribution in [0.25, 0.3) is 0 Å². The lowest BCUT2D eigenvalue weighted by Gasteiger charge is -2.14. The number of carbonyl (C=O) groups is 1. The summed E-state index contributed by atoms with van der Waals surface area (Å²) in [7, 11) is 0. The molecule has 0 aliphatic carbocycles. The molecule has 2 atom stereocenters. The molecule has 0 saturated carbocycles. The zero-order chi connectivity index (χ0) is 14.9. The third-order valence-corrected chi connectivity index (χ3v) is 3.87. The van der Waals surface area contributed by atoms with Crippen LogP contribution in [0.5, 0.6) is 0 Å². The number of carboxylic acid groups (broad SMARTS) is 1. The molecule has 1 saturated heterocycles. The molecular formula is C12H18N4O4. The molecule has 2 heterocycles. The topological polar surface area (TPSA) is 102 Å². The fraction of sp³-hybridized carbons (Fsp3) is 0.667. The Balaban J connectivity index is 1.99. The molecule has 1 aromatic heterocycles. The fourth-order valence-electron chi connectivity index (χ4n) is 2.69. The largest absolute Gasteiger partial charge is 0.481 e. The number of aliphatic carboxylic acids is 1. The lowest BCUT2D eigenvalue weighted by molar-refractivity contribution is -0.392. The van der Waals surface area contributed by atoms with Crippen molar-refractivity contribution in [1.82, 2.24) is 14.5 Å². The second kappa shape index (κ2) is 5.58. The first-order chi connectivity index (χ1) is 9.40. The van der Waals surface area contributed by atoms with Crippen LogP contribution in [0.2, 0.25) is 0 Å². The van der Waals surface area contributed by atoms with Crippen LogP contribution in [0.3, 0.4) is 0 Å². The number of nitrogens with zero attached hydrogens (tertiary/aromatic N) is 4. The molecule has 0 unspecified atom stereocenters. The van der Waals surface area contributed by atoms with Gasteiger partial charge in [0, 0.05) is 26.6 Å². The van der Waals surface area contributed by atoms with Crippen molar-refractivity contribution in [2.45, 2.75) is 20.4 Å². The Bertz CT molecular complexity index is 528. The minimum Gasteiger partial charge on any atom is -0.481 e. The molecule has 0 spiro atoms. The highest BCUT2D eigenvalue weighted by molar-refractivity contribution is 5.71. The maximum atomic E-state index is 11.1. The van der Waals surface area contributed by atoms with Crippen LogP contribution in [-0.4, -0.2) is 50.1 Å². The zero-order valence-electron chi connectivity index (χ0n) is 11.5. The highest BCUT2D eigenvalue weighted by Crippen LogP contribution is 2.23. The average Bonchev–Trinajstić information content (AvgIpc) is 2.90. The van der Waals surface area contributed by atoms with E-state index in [0.717, 1.165) is 0 Å². The molecule has 0 radical (unpaired) electrons. The predicted molar refractivity (Wildman–Crippen MR) is 70.3 cm³/mol. The van der Waals surface area contributed by atoms with E-state index in [0.29, 0.717) is 32.0 Å². The third kappa shape index (κ3) is 2.79. The van der Waals surface area contributed by atoms with Crippen LogP contribution < -0.4 is 0 Å². The van der Waals surface area contributed by atoms with E-state index in [2.05, 4.69) is 4.98 Å². The highest BCUT2D eigenvalue weighted by atomic mass is 16.6. The van der Waals surface area contributed by atoms with Crippen LogP contribution in [-0.2, 0) is 11.3 Å². The van der Waals surface area contributed by atoms with Crippen molar-refractivity contribution in [3.63, 3.8) is 0 Å². The molecule has 1 fully saturated rings. The molecule has 0 bridgehead atoms. The van der Waals surface area contributed by atoms with Crippen LogP contribution in [0.15, 0.2) is 6.20 Å². The Labute approximate surface area is 116 Å². The zero-order valence-corrected chi connectivity index (χ0v) is 11.5. The summed E-state index contributed by atoms with van der Waals surface area (Å²) in [5.74, 6) is -0.451. The Morgan fingerprint density at radius 3 is 2.80 bits per heavy atom. The molecule has 1 N–H and O–H groups in total. The number of aromatic nitrogens is 2. The second-order valence-electron chi connectivity index (χ2n) is 5.25. The lowest BCUT2D eigenvalue weighted by Crippen LogP contribution is -2.27. The summed E-state index contributed by atoms with van der Waals surface area (Å²) < 4.78 is 1.55. The van der Waals surface area contributed by atoms with E-state index < -0.39 is 10.9 Å². The van der Waals surface area contributed by atoms with Gasteiger partial charge in [-0.05, 0) is 10.8 Å². The second-order valence-corrected chi connectivity index (χ2v) is 5.25. The first-order valence-corrected chi connectivity index (χ1v) is 6.51. The molecule has 110 valence electrons. The van der Waals surface area contributed by atoms with Gasteiger partial charge in [-0.1, -0.05) is 6.92 Å². The van der Waals surface area contributed by atoms with E-state index >= 15 is 0 Å². The van der Waals surface area contributed by atoms with Crippen LogP contribution in [0.4, 0.5) is 5.82 Å². The number of carboxylic acids is 1.